The Bertz CT molecular complexity index is 223. The number of esters is 1. The van der Waals surface area contributed by atoms with E-state index in [1.807, 2.05) is 6.92 Å². The quantitative estimate of drug-likeness (QED) is 0.426. The van der Waals surface area contributed by atoms with E-state index in [0.29, 0.717) is 6.61 Å². The summed E-state index contributed by atoms with van der Waals surface area (Å²) in [6.45, 7) is 4.22. The van der Waals surface area contributed by atoms with Crippen LogP contribution in [0.3, 0.4) is 0 Å². The van der Waals surface area contributed by atoms with Gasteiger partial charge in [0.05, 0.1) is 12.5 Å². The van der Waals surface area contributed by atoms with Crippen molar-refractivity contribution in [1.29, 1.82) is 0 Å². The number of amides is 1. The summed E-state index contributed by atoms with van der Waals surface area (Å²) in [7, 11) is 0. The second-order valence-corrected chi connectivity index (χ2v) is 3.56. The molecule has 0 bridgehead atoms. The first-order valence-electron chi connectivity index (χ1n) is 5.25. The number of hydrogen-bond acceptors (Lipinski definition) is 4. The number of unbranched alkanes of at least 4 members (excludes halogenated alkanes) is 1. The fraction of sp³-hybridized carbons (Fsp3) is 0.800. The maximum atomic E-state index is 11.1. The van der Waals surface area contributed by atoms with Crippen molar-refractivity contribution in [1.82, 2.24) is 5.32 Å². The van der Waals surface area contributed by atoms with Gasteiger partial charge in [-0.25, -0.2) is 4.79 Å². The van der Waals surface area contributed by atoms with E-state index in [4.69, 9.17) is 16.3 Å². The lowest BCUT2D eigenvalue weighted by Crippen LogP contribution is -2.32. The summed E-state index contributed by atoms with van der Waals surface area (Å²) in [5, 5.41) is 2.48. The lowest BCUT2D eigenvalue weighted by atomic mass is 10.2. The van der Waals surface area contributed by atoms with Crippen molar-refractivity contribution < 1.29 is 19.1 Å². The van der Waals surface area contributed by atoms with Gasteiger partial charge < -0.3 is 14.8 Å². The highest BCUT2D eigenvalue weighted by molar-refractivity contribution is 6.17. The summed E-state index contributed by atoms with van der Waals surface area (Å²) >= 11 is 5.23. The van der Waals surface area contributed by atoms with Crippen molar-refractivity contribution in [3.63, 3.8) is 0 Å². The fourth-order valence-electron chi connectivity index (χ4n) is 0.876. The molecule has 94 valence electrons. The Morgan fingerprint density at radius 1 is 1.38 bits per heavy atom. The Balaban J connectivity index is 3.62. The van der Waals surface area contributed by atoms with Gasteiger partial charge in [0.25, 0.3) is 0 Å². The summed E-state index contributed by atoms with van der Waals surface area (Å²) in [6.07, 6.45) is 1.28. The molecule has 0 rings (SSSR count). The van der Waals surface area contributed by atoms with Gasteiger partial charge in [0.2, 0.25) is 0 Å². The van der Waals surface area contributed by atoms with Crippen LogP contribution in [0.2, 0.25) is 0 Å². The van der Waals surface area contributed by atoms with Gasteiger partial charge in [-0.1, -0.05) is 31.9 Å². The predicted octanol–water partition coefficient (Wildman–Crippen LogP) is 1.89. The molecule has 1 atom stereocenters. The molecule has 16 heavy (non-hydrogen) atoms. The molecular weight excluding hydrogens is 234 g/mol. The van der Waals surface area contributed by atoms with Gasteiger partial charge in [-0.2, -0.15) is 0 Å². The van der Waals surface area contributed by atoms with Crippen molar-refractivity contribution in [2.75, 3.05) is 19.2 Å². The molecule has 0 heterocycles. The number of halogens is 1. The zero-order valence-electron chi connectivity index (χ0n) is 9.62. The molecule has 1 unspecified atom stereocenters. The first kappa shape index (κ1) is 15.0. The molecule has 1 N–H and O–H groups in total. The van der Waals surface area contributed by atoms with Crippen LogP contribution >= 0.6 is 11.6 Å². The third kappa shape index (κ3) is 7.34. The molecule has 0 spiro atoms. The molecule has 0 aliphatic heterocycles. The van der Waals surface area contributed by atoms with Crippen molar-refractivity contribution in [3.05, 3.63) is 0 Å². The highest BCUT2D eigenvalue weighted by atomic mass is 35.5. The van der Waals surface area contributed by atoms with Gasteiger partial charge in [-0.3, -0.25) is 4.79 Å². The maximum Gasteiger partial charge on any atom is 0.407 e. The average Bonchev–Trinajstić information content (AvgIpc) is 2.26. The first-order valence-corrected chi connectivity index (χ1v) is 5.78. The number of alkyl halides is 1. The van der Waals surface area contributed by atoms with Gasteiger partial charge >= 0.3 is 12.1 Å². The Hall–Kier alpha value is -0.970. The van der Waals surface area contributed by atoms with Crippen LogP contribution < -0.4 is 5.32 Å². The lowest BCUT2D eigenvalue weighted by molar-refractivity contribution is -0.145. The largest absolute Gasteiger partial charge is 0.450 e. The van der Waals surface area contributed by atoms with Crippen LogP contribution in [0.4, 0.5) is 4.79 Å². The van der Waals surface area contributed by atoms with Gasteiger partial charge in [-0.05, 0) is 6.42 Å². The topological polar surface area (TPSA) is 64.6 Å². The maximum absolute atomic E-state index is 11.1. The fourth-order valence-corrected chi connectivity index (χ4v) is 0.984. The lowest BCUT2D eigenvalue weighted by Gasteiger charge is -2.11. The van der Waals surface area contributed by atoms with Crippen LogP contribution in [0.5, 0.6) is 0 Å². The van der Waals surface area contributed by atoms with Crippen LogP contribution in [0.25, 0.3) is 0 Å². The van der Waals surface area contributed by atoms with E-state index in [2.05, 4.69) is 10.1 Å². The molecule has 5 nitrogen and oxygen atoms in total. The second-order valence-electron chi connectivity index (χ2n) is 3.34. The molecule has 0 aromatic heterocycles. The highest BCUT2D eigenvalue weighted by Crippen LogP contribution is 1.98. The zero-order valence-corrected chi connectivity index (χ0v) is 10.4. The molecule has 6 heteroatoms. The van der Waals surface area contributed by atoms with E-state index >= 15 is 0 Å². The predicted molar refractivity (Wildman–Crippen MR) is 60.2 cm³/mol. The number of alkyl carbamates (subject to hydrolysis) is 1. The number of nitrogens with one attached hydrogen (secondary N) is 1. The minimum atomic E-state index is -0.515. The van der Waals surface area contributed by atoms with Crippen LogP contribution in [0.1, 0.15) is 26.7 Å². The van der Waals surface area contributed by atoms with E-state index in [1.54, 1.807) is 6.92 Å². The number of ether oxygens (including phenoxy) is 2. The number of rotatable bonds is 7. The standard InChI is InChI=1S/C10H18ClNO4/c1-3-4-5-15-10(14)12-6-8(2)9(13)16-7-11/h8H,3-7H2,1-2H3,(H,12,14). The van der Waals surface area contributed by atoms with E-state index in [-0.39, 0.29) is 12.6 Å². The molecule has 0 aliphatic rings. The Kier molecular flexibility index (Phi) is 8.71. The van der Waals surface area contributed by atoms with E-state index in [0.717, 1.165) is 12.8 Å². The van der Waals surface area contributed by atoms with Gasteiger partial charge in [0, 0.05) is 6.54 Å². The Labute approximate surface area is 100 Å². The SMILES string of the molecule is CCCCOC(=O)NCC(C)C(=O)OCCl. The van der Waals surface area contributed by atoms with Gasteiger partial charge in [0.1, 0.15) is 0 Å². The van der Waals surface area contributed by atoms with Crippen LogP contribution in [-0.4, -0.2) is 31.3 Å². The number of carbonyl (C=O) groups is 2. The second kappa shape index (κ2) is 9.27. The minimum Gasteiger partial charge on any atom is -0.450 e. The third-order valence-corrected chi connectivity index (χ3v) is 1.99. The summed E-state index contributed by atoms with van der Waals surface area (Å²) in [4.78, 5) is 22.2. The van der Waals surface area contributed by atoms with Crippen LogP contribution in [-0.2, 0) is 14.3 Å². The number of hydrogen-bond donors (Lipinski definition) is 1. The van der Waals surface area contributed by atoms with Gasteiger partial charge in [-0.15, -0.1) is 0 Å². The van der Waals surface area contributed by atoms with E-state index in [1.165, 1.54) is 0 Å². The van der Waals surface area contributed by atoms with Crippen LogP contribution in [0, 0.1) is 5.92 Å². The van der Waals surface area contributed by atoms with E-state index < -0.39 is 18.0 Å². The van der Waals surface area contributed by atoms with Gasteiger partial charge in [0.15, 0.2) is 6.07 Å². The van der Waals surface area contributed by atoms with E-state index in [9.17, 15) is 9.59 Å². The summed E-state index contributed by atoms with van der Waals surface area (Å²) < 4.78 is 9.41. The molecule has 1 amide bonds. The molecule has 0 fully saturated rings. The molecule has 0 saturated carbocycles. The van der Waals surface area contributed by atoms with Crippen molar-refractivity contribution in [3.8, 4) is 0 Å². The minimum absolute atomic E-state index is 0.176. The molecular formula is C10H18ClNO4. The molecule has 0 radical (unpaired) electrons. The average molecular weight is 252 g/mol. The highest BCUT2D eigenvalue weighted by Gasteiger charge is 2.15. The zero-order chi connectivity index (χ0) is 12.4. The molecule has 0 saturated heterocycles. The first-order chi connectivity index (χ1) is 7.61. The van der Waals surface area contributed by atoms with Crippen LogP contribution in [0.15, 0.2) is 0 Å². The molecule has 0 aliphatic carbocycles. The summed E-state index contributed by atoms with van der Waals surface area (Å²) in [6, 6.07) is -0.176. The van der Waals surface area contributed by atoms with Crippen molar-refractivity contribution in [2.45, 2.75) is 26.7 Å². The molecule has 0 aromatic carbocycles. The van der Waals surface area contributed by atoms with Crippen molar-refractivity contribution in [2.24, 2.45) is 5.92 Å². The number of carbonyl (C=O) groups excluding carboxylic acids is 2. The smallest absolute Gasteiger partial charge is 0.407 e. The third-order valence-electron chi connectivity index (χ3n) is 1.88. The van der Waals surface area contributed by atoms with Crippen molar-refractivity contribution >= 4 is 23.7 Å². The summed E-state index contributed by atoms with van der Waals surface area (Å²) in [5.74, 6) is -0.874. The Morgan fingerprint density at radius 3 is 2.62 bits per heavy atom. The summed E-state index contributed by atoms with van der Waals surface area (Å²) in [5.41, 5.74) is 0. The Morgan fingerprint density at radius 2 is 2.06 bits per heavy atom. The molecule has 0 aromatic rings. The normalized spacial score (nSPS) is 11.7. The monoisotopic (exact) mass is 251 g/mol.